The predicted molar refractivity (Wildman–Crippen MR) is 69.9 cm³/mol. The Morgan fingerprint density at radius 1 is 1.26 bits per heavy atom. The normalized spacial score (nSPS) is 17.9. The quantitative estimate of drug-likeness (QED) is 0.819. The maximum atomic E-state index is 11.4. The zero-order valence-corrected chi connectivity index (χ0v) is 11.6. The van der Waals surface area contributed by atoms with Crippen LogP contribution in [0.4, 0.5) is 0 Å². The van der Waals surface area contributed by atoms with Crippen molar-refractivity contribution in [2.75, 3.05) is 13.7 Å². The van der Waals surface area contributed by atoms with Gasteiger partial charge >= 0.3 is 0 Å². The number of rotatable bonds is 5. The lowest BCUT2D eigenvalue weighted by Gasteiger charge is -2.15. The summed E-state index contributed by atoms with van der Waals surface area (Å²) < 4.78 is 9.96. The summed E-state index contributed by atoms with van der Waals surface area (Å²) >= 11 is 0. The molecule has 2 rings (SSSR count). The number of carbonyl (C=O) groups is 1. The first-order valence-corrected chi connectivity index (χ1v) is 7.12. The molecular formula is C14H22N2O3. The van der Waals surface area contributed by atoms with E-state index >= 15 is 0 Å². The van der Waals surface area contributed by atoms with Crippen LogP contribution in [0.2, 0.25) is 0 Å². The first kappa shape index (κ1) is 14.2. The SMILES string of the molecule is COCC(=O)Cc1nc(C2CCCCCCC2)no1. The van der Waals surface area contributed by atoms with Crippen molar-refractivity contribution >= 4 is 5.78 Å². The number of nitrogens with zero attached hydrogens (tertiary/aromatic N) is 2. The molecule has 5 nitrogen and oxygen atoms in total. The van der Waals surface area contributed by atoms with Crippen LogP contribution >= 0.6 is 0 Å². The van der Waals surface area contributed by atoms with Crippen molar-refractivity contribution in [3.63, 3.8) is 0 Å². The minimum absolute atomic E-state index is 0.0321. The number of methoxy groups -OCH3 is 1. The van der Waals surface area contributed by atoms with E-state index in [9.17, 15) is 4.79 Å². The molecular weight excluding hydrogens is 244 g/mol. The summed E-state index contributed by atoms with van der Waals surface area (Å²) in [5.74, 6) is 1.56. The third-order valence-electron chi connectivity index (χ3n) is 3.61. The Labute approximate surface area is 113 Å². The minimum atomic E-state index is -0.0321. The second-order valence-corrected chi connectivity index (χ2v) is 5.24. The summed E-state index contributed by atoms with van der Waals surface area (Å²) in [5, 5.41) is 4.05. The summed E-state index contributed by atoms with van der Waals surface area (Å²) in [4.78, 5) is 15.8. The molecule has 0 spiro atoms. The van der Waals surface area contributed by atoms with Gasteiger partial charge in [0.15, 0.2) is 11.6 Å². The molecule has 5 heteroatoms. The zero-order chi connectivity index (χ0) is 13.5. The number of aromatic nitrogens is 2. The van der Waals surface area contributed by atoms with E-state index in [1.165, 1.54) is 39.2 Å². The second kappa shape index (κ2) is 7.38. The second-order valence-electron chi connectivity index (χ2n) is 5.24. The van der Waals surface area contributed by atoms with E-state index in [4.69, 9.17) is 9.26 Å². The highest BCUT2D eigenvalue weighted by atomic mass is 16.5. The first-order valence-electron chi connectivity index (χ1n) is 7.12. The Kier molecular flexibility index (Phi) is 5.51. The third-order valence-corrected chi connectivity index (χ3v) is 3.61. The van der Waals surface area contributed by atoms with Gasteiger partial charge in [-0.1, -0.05) is 37.3 Å². The molecule has 0 saturated heterocycles. The number of Topliss-reactive ketones (excluding diaryl/α,β-unsaturated/α-hetero) is 1. The Hall–Kier alpha value is -1.23. The average Bonchev–Trinajstić information content (AvgIpc) is 2.77. The molecule has 0 atom stereocenters. The number of hydrogen-bond acceptors (Lipinski definition) is 5. The van der Waals surface area contributed by atoms with Crippen molar-refractivity contribution in [3.05, 3.63) is 11.7 Å². The number of carbonyl (C=O) groups excluding carboxylic acids is 1. The Balaban J connectivity index is 1.93. The van der Waals surface area contributed by atoms with Gasteiger partial charge in [-0.05, 0) is 12.8 Å². The molecule has 19 heavy (non-hydrogen) atoms. The lowest BCUT2D eigenvalue weighted by molar-refractivity contribution is -0.122. The van der Waals surface area contributed by atoms with E-state index in [1.54, 1.807) is 0 Å². The van der Waals surface area contributed by atoms with Gasteiger partial charge in [-0.15, -0.1) is 0 Å². The lowest BCUT2D eigenvalue weighted by Crippen LogP contribution is -2.10. The van der Waals surface area contributed by atoms with Crippen LogP contribution in [0, 0.1) is 0 Å². The van der Waals surface area contributed by atoms with Gasteiger partial charge in [0, 0.05) is 13.0 Å². The van der Waals surface area contributed by atoms with Crippen LogP contribution in [0.3, 0.4) is 0 Å². The number of ether oxygens (including phenoxy) is 1. The molecule has 0 N–H and O–H groups in total. The van der Waals surface area contributed by atoms with Crippen LogP contribution in [-0.2, 0) is 16.0 Å². The predicted octanol–water partition coefficient (Wildman–Crippen LogP) is 2.66. The molecule has 1 aliphatic rings. The van der Waals surface area contributed by atoms with Crippen LogP contribution in [0.1, 0.15) is 62.6 Å². The van der Waals surface area contributed by atoms with Crippen molar-refractivity contribution < 1.29 is 14.1 Å². The number of ketones is 1. The first-order chi connectivity index (χ1) is 9.29. The van der Waals surface area contributed by atoms with Gasteiger partial charge < -0.3 is 9.26 Å². The minimum Gasteiger partial charge on any atom is -0.377 e. The molecule has 0 amide bonds. The van der Waals surface area contributed by atoms with Crippen molar-refractivity contribution in [1.29, 1.82) is 0 Å². The fourth-order valence-corrected chi connectivity index (χ4v) is 2.60. The monoisotopic (exact) mass is 266 g/mol. The summed E-state index contributed by atoms with van der Waals surface area (Å²) in [5.41, 5.74) is 0. The highest BCUT2D eigenvalue weighted by Crippen LogP contribution is 2.29. The molecule has 1 saturated carbocycles. The van der Waals surface area contributed by atoms with Gasteiger partial charge in [0.2, 0.25) is 5.89 Å². The molecule has 1 aromatic heterocycles. The maximum Gasteiger partial charge on any atom is 0.234 e. The molecule has 106 valence electrons. The van der Waals surface area contributed by atoms with Gasteiger partial charge in [-0.2, -0.15) is 4.98 Å². The standard InChI is InChI=1S/C14H22N2O3/c1-18-10-12(17)9-13-15-14(16-19-13)11-7-5-3-2-4-6-8-11/h11H,2-10H2,1H3. The molecule has 0 unspecified atom stereocenters. The Morgan fingerprint density at radius 3 is 2.63 bits per heavy atom. The molecule has 0 aliphatic heterocycles. The largest absolute Gasteiger partial charge is 0.377 e. The van der Waals surface area contributed by atoms with Crippen LogP contribution in [0.15, 0.2) is 4.52 Å². The fourth-order valence-electron chi connectivity index (χ4n) is 2.60. The molecule has 0 bridgehead atoms. The molecule has 1 aliphatic carbocycles. The highest BCUT2D eigenvalue weighted by molar-refractivity contribution is 5.81. The van der Waals surface area contributed by atoms with Crippen LogP contribution < -0.4 is 0 Å². The Bertz CT molecular complexity index is 395. The molecule has 0 radical (unpaired) electrons. The topological polar surface area (TPSA) is 65.2 Å². The Morgan fingerprint density at radius 2 is 1.95 bits per heavy atom. The highest BCUT2D eigenvalue weighted by Gasteiger charge is 2.20. The summed E-state index contributed by atoms with van der Waals surface area (Å²) in [7, 11) is 1.51. The summed E-state index contributed by atoms with van der Waals surface area (Å²) in [6.45, 7) is 0.0984. The summed E-state index contributed by atoms with van der Waals surface area (Å²) in [6.07, 6.45) is 8.84. The molecule has 0 aromatic carbocycles. The van der Waals surface area contributed by atoms with Gasteiger partial charge in [0.25, 0.3) is 0 Å². The maximum absolute atomic E-state index is 11.4. The van der Waals surface area contributed by atoms with E-state index in [-0.39, 0.29) is 18.8 Å². The van der Waals surface area contributed by atoms with Gasteiger partial charge in [0.1, 0.15) is 6.61 Å². The van der Waals surface area contributed by atoms with E-state index in [2.05, 4.69) is 10.1 Å². The lowest BCUT2D eigenvalue weighted by atomic mass is 9.91. The van der Waals surface area contributed by atoms with Crippen molar-refractivity contribution in [1.82, 2.24) is 10.1 Å². The van der Waals surface area contributed by atoms with E-state index in [0.717, 1.165) is 18.7 Å². The van der Waals surface area contributed by atoms with E-state index < -0.39 is 0 Å². The van der Waals surface area contributed by atoms with E-state index in [1.807, 2.05) is 0 Å². The molecule has 1 fully saturated rings. The summed E-state index contributed by atoms with van der Waals surface area (Å²) in [6, 6.07) is 0. The van der Waals surface area contributed by atoms with Crippen LogP contribution in [0.25, 0.3) is 0 Å². The van der Waals surface area contributed by atoms with Crippen molar-refractivity contribution in [3.8, 4) is 0 Å². The number of hydrogen-bond donors (Lipinski definition) is 0. The van der Waals surface area contributed by atoms with Crippen molar-refractivity contribution in [2.45, 2.75) is 57.3 Å². The average molecular weight is 266 g/mol. The smallest absolute Gasteiger partial charge is 0.234 e. The van der Waals surface area contributed by atoms with Gasteiger partial charge in [-0.25, -0.2) is 0 Å². The van der Waals surface area contributed by atoms with Crippen molar-refractivity contribution in [2.24, 2.45) is 0 Å². The van der Waals surface area contributed by atoms with Gasteiger partial charge in [0.05, 0.1) is 6.42 Å². The van der Waals surface area contributed by atoms with Gasteiger partial charge in [-0.3, -0.25) is 4.79 Å². The van der Waals surface area contributed by atoms with E-state index in [0.29, 0.717) is 11.8 Å². The molecule has 1 aromatic rings. The van der Waals surface area contributed by atoms with Crippen LogP contribution in [-0.4, -0.2) is 29.6 Å². The third kappa shape index (κ3) is 4.42. The van der Waals surface area contributed by atoms with Crippen LogP contribution in [0.5, 0.6) is 0 Å². The fraction of sp³-hybridized carbons (Fsp3) is 0.786. The molecule has 1 heterocycles. The zero-order valence-electron chi connectivity index (χ0n) is 11.6.